The Bertz CT molecular complexity index is 361. The highest BCUT2D eigenvalue weighted by atomic mass is 16.1. The molecule has 1 saturated heterocycles. The van der Waals surface area contributed by atoms with Gasteiger partial charge in [-0.25, -0.2) is 0 Å². The average Bonchev–Trinajstić information content (AvgIpc) is 2.64. The van der Waals surface area contributed by atoms with E-state index in [-0.39, 0.29) is 11.9 Å². The van der Waals surface area contributed by atoms with E-state index in [1.165, 1.54) is 0 Å². The van der Waals surface area contributed by atoms with Crippen LogP contribution in [0, 0.1) is 0 Å². The fourth-order valence-electron chi connectivity index (χ4n) is 2.07. The van der Waals surface area contributed by atoms with Crippen molar-refractivity contribution in [3.8, 4) is 0 Å². The maximum absolute atomic E-state index is 11.1. The van der Waals surface area contributed by atoms with Gasteiger partial charge in [-0.2, -0.15) is 0 Å². The van der Waals surface area contributed by atoms with Crippen molar-refractivity contribution in [2.45, 2.75) is 24.8 Å². The molecule has 6 nitrogen and oxygen atoms in total. The van der Waals surface area contributed by atoms with Gasteiger partial charge in [0.25, 0.3) is 0 Å². The minimum Gasteiger partial charge on any atom is -0.368 e. The number of nitrogens with two attached hydrogens (primary N) is 1. The van der Waals surface area contributed by atoms with Gasteiger partial charge in [0.2, 0.25) is 5.91 Å². The summed E-state index contributed by atoms with van der Waals surface area (Å²) in [6.07, 6.45) is 3.48. The first-order valence-electron chi connectivity index (χ1n) is 5.05. The number of piperidine rings is 1. The van der Waals surface area contributed by atoms with E-state index in [9.17, 15) is 4.79 Å². The Morgan fingerprint density at radius 3 is 3.13 bits per heavy atom. The first kappa shape index (κ1) is 10.1. The molecular weight excluding hydrogens is 194 g/mol. The molecule has 1 aliphatic heterocycles. The van der Waals surface area contributed by atoms with E-state index in [0.717, 1.165) is 25.1 Å². The summed E-state index contributed by atoms with van der Waals surface area (Å²) in [5.41, 5.74) is 6.35. The highest BCUT2D eigenvalue weighted by molar-refractivity contribution is 5.80. The third-order valence-corrected chi connectivity index (χ3v) is 2.91. The molecule has 82 valence electrons. The molecule has 1 amide bonds. The molecule has 1 aromatic rings. The van der Waals surface area contributed by atoms with Crippen LogP contribution in [0.25, 0.3) is 0 Å². The Kier molecular flexibility index (Phi) is 2.68. The zero-order valence-electron chi connectivity index (χ0n) is 8.68. The molecule has 0 spiro atoms. The third-order valence-electron chi connectivity index (χ3n) is 2.91. The number of carbonyl (C=O) groups excluding carboxylic acids is 1. The predicted molar refractivity (Wildman–Crippen MR) is 54.0 cm³/mol. The summed E-state index contributed by atoms with van der Waals surface area (Å²) in [7, 11) is 1.86. The Morgan fingerprint density at radius 1 is 1.73 bits per heavy atom. The second-order valence-corrected chi connectivity index (χ2v) is 3.91. The van der Waals surface area contributed by atoms with Gasteiger partial charge in [-0.15, -0.1) is 5.10 Å². The molecule has 6 heteroatoms. The van der Waals surface area contributed by atoms with Crippen LogP contribution in [0.15, 0.2) is 6.20 Å². The minimum absolute atomic E-state index is 0.223. The molecule has 0 aliphatic carbocycles. The van der Waals surface area contributed by atoms with Crippen LogP contribution in [0.1, 0.15) is 24.5 Å². The van der Waals surface area contributed by atoms with Crippen molar-refractivity contribution in [2.75, 3.05) is 6.54 Å². The molecule has 0 radical (unpaired) electrons. The fraction of sp³-hybridized carbons (Fsp3) is 0.667. The zero-order chi connectivity index (χ0) is 10.8. The standard InChI is InChI=1S/C9H15N5O/c1-14-8(5-12-13-14)6-2-3-11-7(4-6)9(10)15/h5-7,11H,2-4H2,1H3,(H2,10,15). The van der Waals surface area contributed by atoms with Crippen molar-refractivity contribution in [1.29, 1.82) is 0 Å². The van der Waals surface area contributed by atoms with Crippen LogP contribution in [-0.2, 0) is 11.8 Å². The SMILES string of the molecule is Cn1nncc1C1CCNC(C(N)=O)C1. The Labute approximate surface area is 87.8 Å². The van der Waals surface area contributed by atoms with Gasteiger partial charge >= 0.3 is 0 Å². The molecule has 1 aliphatic rings. The molecule has 2 heterocycles. The van der Waals surface area contributed by atoms with E-state index in [0.29, 0.717) is 5.92 Å². The number of carbonyl (C=O) groups is 1. The van der Waals surface area contributed by atoms with Crippen molar-refractivity contribution in [3.05, 3.63) is 11.9 Å². The van der Waals surface area contributed by atoms with Crippen LogP contribution in [-0.4, -0.2) is 33.5 Å². The van der Waals surface area contributed by atoms with Crippen LogP contribution in [0.2, 0.25) is 0 Å². The number of primary amides is 1. The molecule has 0 saturated carbocycles. The van der Waals surface area contributed by atoms with Crippen LogP contribution in [0.5, 0.6) is 0 Å². The van der Waals surface area contributed by atoms with Gasteiger partial charge in [0.05, 0.1) is 17.9 Å². The predicted octanol–water partition coefficient (Wildman–Crippen LogP) is -0.864. The highest BCUT2D eigenvalue weighted by Crippen LogP contribution is 2.26. The number of aromatic nitrogens is 3. The van der Waals surface area contributed by atoms with Crippen molar-refractivity contribution in [3.63, 3.8) is 0 Å². The van der Waals surface area contributed by atoms with Gasteiger partial charge in [0.15, 0.2) is 0 Å². The van der Waals surface area contributed by atoms with Crippen LogP contribution < -0.4 is 11.1 Å². The lowest BCUT2D eigenvalue weighted by Gasteiger charge is -2.27. The number of nitrogens with one attached hydrogen (secondary N) is 1. The molecule has 1 fully saturated rings. The summed E-state index contributed by atoms with van der Waals surface area (Å²) < 4.78 is 1.76. The topological polar surface area (TPSA) is 85.8 Å². The second kappa shape index (κ2) is 3.98. The molecule has 3 N–H and O–H groups in total. The zero-order valence-corrected chi connectivity index (χ0v) is 8.68. The van der Waals surface area contributed by atoms with E-state index in [2.05, 4.69) is 15.6 Å². The van der Waals surface area contributed by atoms with E-state index in [1.807, 2.05) is 7.05 Å². The molecule has 2 atom stereocenters. The lowest BCUT2D eigenvalue weighted by molar-refractivity contribution is -0.120. The molecule has 2 rings (SSSR count). The van der Waals surface area contributed by atoms with Crippen molar-refractivity contribution in [1.82, 2.24) is 20.3 Å². The van der Waals surface area contributed by atoms with Gasteiger partial charge in [0.1, 0.15) is 0 Å². The third kappa shape index (κ3) is 1.99. The molecule has 2 unspecified atom stereocenters. The van der Waals surface area contributed by atoms with Gasteiger partial charge < -0.3 is 11.1 Å². The summed E-state index contributed by atoms with van der Waals surface area (Å²) in [6.45, 7) is 0.809. The summed E-state index contributed by atoms with van der Waals surface area (Å²) in [5, 5.41) is 10.8. The Morgan fingerprint density at radius 2 is 2.53 bits per heavy atom. The summed E-state index contributed by atoms with van der Waals surface area (Å²) in [4.78, 5) is 11.1. The smallest absolute Gasteiger partial charge is 0.234 e. The number of nitrogens with zero attached hydrogens (tertiary/aromatic N) is 3. The number of rotatable bonds is 2. The lowest BCUT2D eigenvalue weighted by Crippen LogP contribution is -2.46. The lowest BCUT2D eigenvalue weighted by atomic mass is 9.90. The summed E-state index contributed by atoms with van der Waals surface area (Å²) in [6, 6.07) is -0.223. The van der Waals surface area contributed by atoms with E-state index < -0.39 is 0 Å². The molecule has 15 heavy (non-hydrogen) atoms. The first-order chi connectivity index (χ1) is 7.18. The molecular formula is C9H15N5O. The first-order valence-corrected chi connectivity index (χ1v) is 5.05. The number of aryl methyl sites for hydroxylation is 1. The van der Waals surface area contributed by atoms with Crippen molar-refractivity contribution < 1.29 is 4.79 Å². The highest BCUT2D eigenvalue weighted by Gasteiger charge is 2.27. The maximum Gasteiger partial charge on any atom is 0.234 e. The summed E-state index contributed by atoms with van der Waals surface area (Å²) in [5.74, 6) is 0.0403. The van der Waals surface area contributed by atoms with Gasteiger partial charge in [-0.05, 0) is 19.4 Å². The van der Waals surface area contributed by atoms with Gasteiger partial charge in [-0.3, -0.25) is 9.48 Å². The Balaban J connectivity index is 2.11. The Hall–Kier alpha value is -1.43. The van der Waals surface area contributed by atoms with Crippen LogP contribution >= 0.6 is 0 Å². The van der Waals surface area contributed by atoms with Crippen LogP contribution in [0.4, 0.5) is 0 Å². The number of amides is 1. The van der Waals surface area contributed by atoms with E-state index in [4.69, 9.17) is 5.73 Å². The monoisotopic (exact) mass is 209 g/mol. The number of hydrogen-bond donors (Lipinski definition) is 2. The average molecular weight is 209 g/mol. The molecule has 0 bridgehead atoms. The normalized spacial score (nSPS) is 26.5. The number of hydrogen-bond acceptors (Lipinski definition) is 4. The van der Waals surface area contributed by atoms with E-state index in [1.54, 1.807) is 10.9 Å². The molecule has 1 aromatic heterocycles. The molecule has 0 aromatic carbocycles. The van der Waals surface area contributed by atoms with E-state index >= 15 is 0 Å². The minimum atomic E-state index is -0.283. The summed E-state index contributed by atoms with van der Waals surface area (Å²) >= 11 is 0. The fourth-order valence-corrected chi connectivity index (χ4v) is 2.07. The van der Waals surface area contributed by atoms with Crippen molar-refractivity contribution in [2.24, 2.45) is 12.8 Å². The van der Waals surface area contributed by atoms with Crippen molar-refractivity contribution >= 4 is 5.91 Å². The van der Waals surface area contributed by atoms with Gasteiger partial charge in [-0.1, -0.05) is 5.21 Å². The van der Waals surface area contributed by atoms with Gasteiger partial charge in [0, 0.05) is 13.0 Å². The quantitative estimate of drug-likeness (QED) is 0.663. The second-order valence-electron chi connectivity index (χ2n) is 3.91. The van der Waals surface area contributed by atoms with Crippen LogP contribution in [0.3, 0.4) is 0 Å². The largest absolute Gasteiger partial charge is 0.368 e. The maximum atomic E-state index is 11.1.